The first-order chi connectivity index (χ1) is 15.6. The van der Waals surface area contributed by atoms with Crippen LogP contribution in [0.2, 0.25) is 5.02 Å². The Labute approximate surface area is 193 Å². The maximum Gasteiger partial charge on any atom is 0.124 e. The quantitative estimate of drug-likeness (QED) is 0.319. The number of fused-ring (bicyclic) bond motifs is 1. The summed E-state index contributed by atoms with van der Waals surface area (Å²) in [6, 6.07) is 25.5. The van der Waals surface area contributed by atoms with Gasteiger partial charge in [-0.1, -0.05) is 72.3 Å². The van der Waals surface area contributed by atoms with Crippen LogP contribution in [0.1, 0.15) is 40.5 Å². The fourth-order valence-corrected chi connectivity index (χ4v) is 3.97. The van der Waals surface area contributed by atoms with Gasteiger partial charge in [0, 0.05) is 16.8 Å². The molecular formula is C28H24ClNO2. The highest BCUT2D eigenvalue weighted by Gasteiger charge is 2.10. The first-order valence-electron chi connectivity index (χ1n) is 10.7. The number of nitrogens with zero attached hydrogens (tertiary/aromatic N) is 1. The van der Waals surface area contributed by atoms with Crippen molar-refractivity contribution in [3.05, 3.63) is 112 Å². The first kappa shape index (κ1) is 21.9. The van der Waals surface area contributed by atoms with Crippen LogP contribution in [0.4, 0.5) is 0 Å². The zero-order chi connectivity index (χ0) is 22.3. The van der Waals surface area contributed by atoms with Gasteiger partial charge in [-0.2, -0.15) is 0 Å². The number of aliphatic hydroxyl groups excluding tert-OH is 1. The average molecular weight is 442 g/mol. The van der Waals surface area contributed by atoms with Crippen molar-refractivity contribution in [3.63, 3.8) is 0 Å². The number of aryl methyl sites for hydroxylation is 1. The van der Waals surface area contributed by atoms with Gasteiger partial charge in [0.1, 0.15) is 6.29 Å². The Balaban J connectivity index is 1.45. The Bertz CT molecular complexity index is 1270. The molecule has 1 heterocycles. The summed E-state index contributed by atoms with van der Waals surface area (Å²) in [5.41, 5.74) is 5.71. The maximum absolute atomic E-state index is 10.9. The SMILES string of the molecule is O=CCc1ccccc1CC[C@H](O)c1cccc(/C=C/c2ccc3ccc(Cl)cc3n2)c1. The molecule has 0 aliphatic rings. The van der Waals surface area contributed by atoms with Crippen LogP contribution in [0.25, 0.3) is 23.1 Å². The van der Waals surface area contributed by atoms with Crippen LogP contribution < -0.4 is 0 Å². The van der Waals surface area contributed by atoms with E-state index in [4.69, 9.17) is 11.6 Å². The Kier molecular flexibility index (Phi) is 7.10. The highest BCUT2D eigenvalue weighted by molar-refractivity contribution is 6.31. The van der Waals surface area contributed by atoms with E-state index in [0.29, 0.717) is 17.9 Å². The number of aliphatic hydroxyl groups is 1. The van der Waals surface area contributed by atoms with Crippen molar-refractivity contribution in [3.8, 4) is 0 Å². The molecular weight excluding hydrogens is 418 g/mol. The summed E-state index contributed by atoms with van der Waals surface area (Å²) in [7, 11) is 0. The monoisotopic (exact) mass is 441 g/mol. The zero-order valence-electron chi connectivity index (χ0n) is 17.6. The summed E-state index contributed by atoms with van der Waals surface area (Å²) < 4.78 is 0. The van der Waals surface area contributed by atoms with E-state index in [2.05, 4.69) is 4.98 Å². The molecule has 0 bridgehead atoms. The molecule has 4 heteroatoms. The number of hydrogen-bond acceptors (Lipinski definition) is 3. The topological polar surface area (TPSA) is 50.2 Å². The first-order valence-corrected chi connectivity index (χ1v) is 11.0. The van der Waals surface area contributed by atoms with E-state index in [1.54, 1.807) is 0 Å². The van der Waals surface area contributed by atoms with Crippen LogP contribution in [0.3, 0.4) is 0 Å². The minimum Gasteiger partial charge on any atom is -0.388 e. The molecule has 0 aliphatic heterocycles. The van der Waals surface area contributed by atoms with Crippen LogP contribution in [0, 0.1) is 0 Å². The van der Waals surface area contributed by atoms with Gasteiger partial charge in [0.05, 0.1) is 17.3 Å². The lowest BCUT2D eigenvalue weighted by Gasteiger charge is -2.13. The van der Waals surface area contributed by atoms with E-state index in [1.807, 2.05) is 91.0 Å². The van der Waals surface area contributed by atoms with E-state index in [9.17, 15) is 9.90 Å². The Morgan fingerprint density at radius 3 is 2.56 bits per heavy atom. The second kappa shape index (κ2) is 10.4. The van der Waals surface area contributed by atoms with Gasteiger partial charge in [0.25, 0.3) is 0 Å². The third-order valence-electron chi connectivity index (χ3n) is 5.53. The number of rotatable bonds is 8. The molecule has 1 atom stereocenters. The van der Waals surface area contributed by atoms with E-state index in [1.165, 1.54) is 0 Å². The molecule has 1 N–H and O–H groups in total. The molecule has 3 aromatic carbocycles. The van der Waals surface area contributed by atoms with Crippen molar-refractivity contribution in [2.24, 2.45) is 0 Å². The van der Waals surface area contributed by atoms with Crippen molar-refractivity contribution in [2.45, 2.75) is 25.4 Å². The zero-order valence-corrected chi connectivity index (χ0v) is 18.4. The van der Waals surface area contributed by atoms with Gasteiger partial charge in [-0.3, -0.25) is 0 Å². The second-order valence-corrected chi connectivity index (χ2v) is 8.21. The molecule has 0 fully saturated rings. The highest BCUT2D eigenvalue weighted by Crippen LogP contribution is 2.23. The van der Waals surface area contributed by atoms with Crippen molar-refractivity contribution in [1.82, 2.24) is 4.98 Å². The fourth-order valence-electron chi connectivity index (χ4n) is 3.80. The van der Waals surface area contributed by atoms with Crippen LogP contribution in [0.15, 0.2) is 78.9 Å². The predicted octanol–water partition coefficient (Wildman–Crippen LogP) is 6.47. The lowest BCUT2D eigenvalue weighted by atomic mass is 9.96. The number of carbonyl (C=O) groups excluding carboxylic acids is 1. The fraction of sp³-hybridized carbons (Fsp3) is 0.143. The number of pyridine rings is 1. The van der Waals surface area contributed by atoms with Gasteiger partial charge in [-0.15, -0.1) is 0 Å². The van der Waals surface area contributed by atoms with E-state index < -0.39 is 6.10 Å². The van der Waals surface area contributed by atoms with Crippen LogP contribution in [0.5, 0.6) is 0 Å². The molecule has 4 rings (SSSR count). The van der Waals surface area contributed by atoms with Gasteiger partial charge >= 0.3 is 0 Å². The largest absolute Gasteiger partial charge is 0.388 e. The van der Waals surface area contributed by atoms with E-state index >= 15 is 0 Å². The lowest BCUT2D eigenvalue weighted by Crippen LogP contribution is -2.02. The summed E-state index contributed by atoms with van der Waals surface area (Å²) in [5, 5.41) is 12.5. The normalized spacial score (nSPS) is 12.3. The van der Waals surface area contributed by atoms with Crippen molar-refractivity contribution in [1.29, 1.82) is 0 Å². The van der Waals surface area contributed by atoms with Gasteiger partial charge in [0.15, 0.2) is 0 Å². The summed E-state index contributed by atoms with van der Waals surface area (Å²) in [6.45, 7) is 0. The van der Waals surface area contributed by atoms with E-state index in [0.717, 1.165) is 51.6 Å². The molecule has 0 spiro atoms. The van der Waals surface area contributed by atoms with Crippen LogP contribution in [-0.2, 0) is 17.6 Å². The number of aromatic nitrogens is 1. The molecule has 0 radical (unpaired) electrons. The van der Waals surface area contributed by atoms with Crippen LogP contribution >= 0.6 is 11.6 Å². The minimum absolute atomic E-state index is 0.404. The molecule has 3 nitrogen and oxygen atoms in total. The van der Waals surface area contributed by atoms with Crippen LogP contribution in [-0.4, -0.2) is 16.4 Å². The Morgan fingerprint density at radius 1 is 0.906 bits per heavy atom. The molecule has 0 saturated carbocycles. The lowest BCUT2D eigenvalue weighted by molar-refractivity contribution is -0.107. The molecule has 0 amide bonds. The second-order valence-electron chi connectivity index (χ2n) is 7.77. The average Bonchev–Trinajstić information content (AvgIpc) is 2.82. The smallest absolute Gasteiger partial charge is 0.124 e. The summed E-state index contributed by atoms with van der Waals surface area (Å²) in [4.78, 5) is 15.6. The number of benzene rings is 3. The highest BCUT2D eigenvalue weighted by atomic mass is 35.5. The molecule has 0 saturated heterocycles. The molecule has 160 valence electrons. The Hall–Kier alpha value is -3.27. The van der Waals surface area contributed by atoms with Crippen molar-refractivity contribution in [2.75, 3.05) is 0 Å². The number of carbonyl (C=O) groups is 1. The summed E-state index contributed by atoms with van der Waals surface area (Å²) in [6.07, 6.45) is 6.01. The van der Waals surface area contributed by atoms with Gasteiger partial charge in [0.2, 0.25) is 0 Å². The molecule has 1 aromatic heterocycles. The van der Waals surface area contributed by atoms with E-state index in [-0.39, 0.29) is 0 Å². The van der Waals surface area contributed by atoms with Gasteiger partial charge in [-0.05, 0) is 65.4 Å². The predicted molar refractivity (Wildman–Crippen MR) is 132 cm³/mol. The summed E-state index contributed by atoms with van der Waals surface area (Å²) >= 11 is 6.08. The number of halogens is 1. The molecule has 32 heavy (non-hydrogen) atoms. The van der Waals surface area contributed by atoms with Crippen molar-refractivity contribution < 1.29 is 9.90 Å². The standard InChI is InChI=1S/C28H24ClNO2/c29-25-12-9-23-10-14-26(30-27(23)19-25)13-8-20-4-3-7-24(18-20)28(32)15-11-21-5-1-2-6-22(21)16-17-31/h1-10,12-14,17-19,28,32H,11,15-16H2/b13-8+/t28-/m0/s1. The molecule has 4 aromatic rings. The Morgan fingerprint density at radius 2 is 1.72 bits per heavy atom. The van der Waals surface area contributed by atoms with Gasteiger partial charge in [-0.25, -0.2) is 4.98 Å². The molecule has 0 aliphatic carbocycles. The third-order valence-corrected chi connectivity index (χ3v) is 5.76. The minimum atomic E-state index is -0.575. The number of aldehydes is 1. The number of hydrogen-bond donors (Lipinski definition) is 1. The van der Waals surface area contributed by atoms with Gasteiger partial charge < -0.3 is 9.90 Å². The summed E-state index contributed by atoms with van der Waals surface area (Å²) in [5.74, 6) is 0. The molecule has 0 unspecified atom stereocenters. The third kappa shape index (κ3) is 5.50. The maximum atomic E-state index is 10.9. The van der Waals surface area contributed by atoms with Crippen molar-refractivity contribution >= 4 is 40.9 Å².